The number of rotatable bonds is 7. The molecule has 3 N–H and O–H groups in total. The average molecular weight is 429 g/mol. The fraction of sp³-hybridized carbons (Fsp3) is 0.190. The number of hydrogen-bond donors (Lipinski definition) is 3. The van der Waals surface area contributed by atoms with Crippen LogP contribution in [0.4, 0.5) is 0 Å². The van der Waals surface area contributed by atoms with Crippen LogP contribution in [0.15, 0.2) is 48.5 Å². The van der Waals surface area contributed by atoms with Crippen molar-refractivity contribution >= 4 is 35.2 Å². The quantitative estimate of drug-likeness (QED) is 0.352. The summed E-state index contributed by atoms with van der Waals surface area (Å²) in [6, 6.07) is 12.6. The molecule has 8 nitrogen and oxygen atoms in total. The second-order valence-corrected chi connectivity index (χ2v) is 6.45. The first kappa shape index (κ1) is 22.7. The van der Waals surface area contributed by atoms with Gasteiger partial charge in [-0.15, -0.1) is 0 Å². The maximum absolute atomic E-state index is 12.0. The van der Waals surface area contributed by atoms with Gasteiger partial charge in [0.15, 0.2) is 23.2 Å². The fourth-order valence-electron chi connectivity index (χ4n) is 2.33. The van der Waals surface area contributed by atoms with Gasteiger partial charge in [-0.05, 0) is 60.6 Å². The third-order valence-electron chi connectivity index (χ3n) is 3.75. The maximum Gasteiger partial charge on any atom is 0.276 e. The zero-order valence-electron chi connectivity index (χ0n) is 16.9. The van der Waals surface area contributed by atoms with Crippen LogP contribution in [0.25, 0.3) is 6.08 Å². The SMILES string of the molecule is COc1ccc(C=CC(=O)NC(=S)NNC(=O)COc2cccc(C)c2)cc1OC. The molecule has 0 heterocycles. The molecule has 0 unspecified atom stereocenters. The minimum absolute atomic E-state index is 0.0548. The van der Waals surface area contributed by atoms with Gasteiger partial charge in [-0.3, -0.25) is 25.8 Å². The first-order valence-corrected chi connectivity index (χ1v) is 9.31. The standard InChI is InChI=1S/C21H23N3O5S/c1-14-5-4-6-16(11-14)29-13-20(26)23-24-21(30)22-19(25)10-8-15-7-9-17(27-2)18(12-15)28-3/h4-12H,13H2,1-3H3,(H,23,26)(H2,22,24,25,30). The van der Waals surface area contributed by atoms with Crippen molar-refractivity contribution in [3.05, 3.63) is 59.7 Å². The average Bonchev–Trinajstić information content (AvgIpc) is 2.74. The molecule has 0 spiro atoms. The largest absolute Gasteiger partial charge is 0.493 e. The summed E-state index contributed by atoms with van der Waals surface area (Å²) in [5, 5.41) is 2.37. The molecule has 30 heavy (non-hydrogen) atoms. The van der Waals surface area contributed by atoms with Crippen LogP contribution < -0.4 is 30.4 Å². The highest BCUT2D eigenvalue weighted by atomic mass is 32.1. The molecular formula is C21H23N3O5S. The Bertz CT molecular complexity index is 946. The van der Waals surface area contributed by atoms with Crippen LogP contribution in [0.2, 0.25) is 0 Å². The number of thiocarbonyl (C=S) groups is 1. The third-order valence-corrected chi connectivity index (χ3v) is 3.95. The van der Waals surface area contributed by atoms with Crippen LogP contribution in [0.3, 0.4) is 0 Å². The second kappa shape index (κ2) is 11.4. The van der Waals surface area contributed by atoms with Crippen LogP contribution in [0.5, 0.6) is 17.2 Å². The van der Waals surface area contributed by atoms with Crippen molar-refractivity contribution in [3.8, 4) is 17.2 Å². The Hall–Kier alpha value is -3.59. The number of methoxy groups -OCH3 is 2. The molecule has 2 aromatic rings. The smallest absolute Gasteiger partial charge is 0.276 e. The number of carbonyl (C=O) groups is 2. The van der Waals surface area contributed by atoms with Gasteiger partial charge in [0.05, 0.1) is 14.2 Å². The Balaban J connectivity index is 1.75. The zero-order valence-corrected chi connectivity index (χ0v) is 17.7. The predicted molar refractivity (Wildman–Crippen MR) is 117 cm³/mol. The van der Waals surface area contributed by atoms with E-state index in [0.29, 0.717) is 17.2 Å². The van der Waals surface area contributed by atoms with Crippen molar-refractivity contribution in [1.82, 2.24) is 16.2 Å². The topological polar surface area (TPSA) is 97.9 Å². The van der Waals surface area contributed by atoms with Crippen molar-refractivity contribution in [3.63, 3.8) is 0 Å². The summed E-state index contributed by atoms with van der Waals surface area (Å²) >= 11 is 4.98. The molecule has 0 bridgehead atoms. The van der Waals surface area contributed by atoms with Gasteiger partial charge >= 0.3 is 0 Å². The Morgan fingerprint density at radius 2 is 1.80 bits per heavy atom. The molecule has 9 heteroatoms. The molecule has 0 aliphatic rings. The number of aryl methyl sites for hydroxylation is 1. The first-order valence-electron chi connectivity index (χ1n) is 8.90. The Morgan fingerprint density at radius 3 is 2.50 bits per heavy atom. The van der Waals surface area contributed by atoms with Gasteiger partial charge in [-0.2, -0.15) is 0 Å². The Morgan fingerprint density at radius 1 is 1.03 bits per heavy atom. The number of amides is 2. The number of carbonyl (C=O) groups excluding carboxylic acids is 2. The number of benzene rings is 2. The van der Waals surface area contributed by atoms with Crippen LogP contribution in [0, 0.1) is 6.92 Å². The summed E-state index contributed by atoms with van der Waals surface area (Å²) in [4.78, 5) is 23.8. The summed E-state index contributed by atoms with van der Waals surface area (Å²) in [6.07, 6.45) is 2.89. The van der Waals surface area contributed by atoms with Gasteiger partial charge in [0.25, 0.3) is 5.91 Å². The van der Waals surface area contributed by atoms with Gasteiger partial charge in [-0.1, -0.05) is 18.2 Å². The summed E-state index contributed by atoms with van der Waals surface area (Å²) < 4.78 is 15.8. The number of nitrogens with one attached hydrogen (secondary N) is 3. The highest BCUT2D eigenvalue weighted by Gasteiger charge is 2.06. The lowest BCUT2D eigenvalue weighted by molar-refractivity contribution is -0.123. The van der Waals surface area contributed by atoms with E-state index in [0.717, 1.165) is 11.1 Å². The maximum atomic E-state index is 12.0. The van der Waals surface area contributed by atoms with E-state index in [1.165, 1.54) is 13.2 Å². The lowest BCUT2D eigenvalue weighted by Crippen LogP contribution is -2.49. The van der Waals surface area contributed by atoms with Gasteiger partial charge in [0.1, 0.15) is 5.75 Å². The summed E-state index contributed by atoms with van der Waals surface area (Å²) in [7, 11) is 3.07. The van der Waals surface area contributed by atoms with Crippen LogP contribution in [-0.4, -0.2) is 37.8 Å². The molecule has 0 aromatic heterocycles. The molecule has 2 rings (SSSR count). The van der Waals surface area contributed by atoms with Gasteiger partial charge in [0.2, 0.25) is 5.91 Å². The minimum Gasteiger partial charge on any atom is -0.493 e. The van der Waals surface area contributed by atoms with E-state index in [1.807, 2.05) is 25.1 Å². The number of hydrogen-bond acceptors (Lipinski definition) is 6. The first-order chi connectivity index (χ1) is 14.4. The van der Waals surface area contributed by atoms with Gasteiger partial charge in [-0.25, -0.2) is 0 Å². The second-order valence-electron chi connectivity index (χ2n) is 6.04. The summed E-state index contributed by atoms with van der Waals surface area (Å²) in [5.41, 5.74) is 6.56. The van der Waals surface area contributed by atoms with E-state index in [9.17, 15) is 9.59 Å². The van der Waals surface area contributed by atoms with Crippen molar-refractivity contribution in [2.24, 2.45) is 0 Å². The van der Waals surface area contributed by atoms with Gasteiger partial charge < -0.3 is 14.2 Å². The molecule has 0 aliphatic carbocycles. The molecule has 2 aromatic carbocycles. The highest BCUT2D eigenvalue weighted by molar-refractivity contribution is 7.80. The van der Waals surface area contributed by atoms with E-state index in [-0.39, 0.29) is 11.7 Å². The third kappa shape index (κ3) is 7.44. The zero-order chi connectivity index (χ0) is 21.9. The highest BCUT2D eigenvalue weighted by Crippen LogP contribution is 2.27. The normalized spacial score (nSPS) is 10.2. The summed E-state index contributed by atoms with van der Waals surface area (Å²) in [5.74, 6) is 0.808. The van der Waals surface area contributed by atoms with Crippen LogP contribution >= 0.6 is 12.2 Å². The van der Waals surface area contributed by atoms with E-state index in [2.05, 4.69) is 16.2 Å². The number of ether oxygens (including phenoxy) is 3. The van der Waals surface area contributed by atoms with E-state index < -0.39 is 11.8 Å². The van der Waals surface area contributed by atoms with Crippen LogP contribution in [-0.2, 0) is 9.59 Å². The molecule has 2 amide bonds. The summed E-state index contributed by atoms with van der Waals surface area (Å²) in [6.45, 7) is 1.72. The van der Waals surface area contributed by atoms with Crippen molar-refractivity contribution in [2.75, 3.05) is 20.8 Å². The monoisotopic (exact) mass is 429 g/mol. The lowest BCUT2D eigenvalue weighted by atomic mass is 10.2. The molecule has 0 atom stereocenters. The Labute approximate surface area is 180 Å². The van der Waals surface area contributed by atoms with Crippen LogP contribution in [0.1, 0.15) is 11.1 Å². The van der Waals surface area contributed by atoms with E-state index >= 15 is 0 Å². The molecule has 0 fully saturated rings. The lowest BCUT2D eigenvalue weighted by Gasteiger charge is -2.11. The number of hydrazine groups is 1. The molecule has 0 saturated carbocycles. The molecule has 0 saturated heterocycles. The predicted octanol–water partition coefficient (Wildman–Crippen LogP) is 2.13. The van der Waals surface area contributed by atoms with Crippen molar-refractivity contribution < 1.29 is 23.8 Å². The Kier molecular flexibility index (Phi) is 8.64. The van der Waals surface area contributed by atoms with Crippen molar-refractivity contribution in [1.29, 1.82) is 0 Å². The molecular weight excluding hydrogens is 406 g/mol. The molecule has 0 radical (unpaired) electrons. The van der Waals surface area contributed by atoms with E-state index in [1.54, 1.807) is 37.5 Å². The fourth-order valence-corrected chi connectivity index (χ4v) is 2.48. The minimum atomic E-state index is -0.465. The van der Waals surface area contributed by atoms with Gasteiger partial charge in [0, 0.05) is 6.08 Å². The van der Waals surface area contributed by atoms with Crippen molar-refractivity contribution in [2.45, 2.75) is 6.92 Å². The van der Waals surface area contributed by atoms with E-state index in [4.69, 9.17) is 26.4 Å². The molecule has 0 aliphatic heterocycles. The molecule has 158 valence electrons.